The molecule has 3 aromatic rings. The minimum atomic E-state index is -4.37. The lowest BCUT2D eigenvalue weighted by atomic mass is 10.1. The number of hydrogen-bond acceptors (Lipinski definition) is 8. The van der Waals surface area contributed by atoms with E-state index in [2.05, 4.69) is 20.0 Å². The quantitative estimate of drug-likeness (QED) is 0.177. The second-order valence-electron chi connectivity index (χ2n) is 11.8. The molecular formula is C34H46Cl3F3N4O3S. The first-order valence-electron chi connectivity index (χ1n) is 15.6. The molecule has 0 aliphatic carbocycles. The van der Waals surface area contributed by atoms with Crippen LogP contribution < -0.4 is 19.7 Å². The largest absolute Gasteiger partial charge is 0.492 e. The van der Waals surface area contributed by atoms with Gasteiger partial charge in [0.1, 0.15) is 30.8 Å². The van der Waals surface area contributed by atoms with Gasteiger partial charge >= 0.3 is 6.18 Å². The van der Waals surface area contributed by atoms with Gasteiger partial charge in [0.2, 0.25) is 0 Å². The van der Waals surface area contributed by atoms with Gasteiger partial charge in [0.15, 0.2) is 0 Å². The summed E-state index contributed by atoms with van der Waals surface area (Å²) in [5, 5.41) is 13.2. The second-order valence-corrected chi connectivity index (χ2v) is 12.9. The van der Waals surface area contributed by atoms with E-state index in [0.717, 1.165) is 66.9 Å². The third kappa shape index (κ3) is 12.1. The molecular weight excluding hydrogens is 708 g/mol. The number of piperazine rings is 1. The monoisotopic (exact) mass is 752 g/mol. The Kier molecular flexibility index (Phi) is 17.5. The minimum Gasteiger partial charge on any atom is -0.492 e. The van der Waals surface area contributed by atoms with Crippen molar-refractivity contribution in [3.05, 3.63) is 72.3 Å². The first kappa shape index (κ1) is 42.1. The van der Waals surface area contributed by atoms with E-state index >= 15 is 0 Å². The van der Waals surface area contributed by atoms with Crippen LogP contribution in [0.2, 0.25) is 0 Å². The maximum Gasteiger partial charge on any atom is 0.416 e. The van der Waals surface area contributed by atoms with Crippen molar-refractivity contribution >= 4 is 60.4 Å². The number of nitrogens with one attached hydrogen (secondary N) is 1. The molecule has 7 nitrogen and oxygen atoms in total. The summed E-state index contributed by atoms with van der Waals surface area (Å²) in [7, 11) is 0. The zero-order chi connectivity index (χ0) is 31.8. The summed E-state index contributed by atoms with van der Waals surface area (Å²) in [6.07, 6.45) is -4.09. The fourth-order valence-electron chi connectivity index (χ4n) is 5.48. The zero-order valence-electron chi connectivity index (χ0n) is 27.2. The Balaban J connectivity index is 0.00000267. The van der Waals surface area contributed by atoms with Gasteiger partial charge in [0, 0.05) is 61.6 Å². The number of halogens is 6. The third-order valence-corrected chi connectivity index (χ3v) is 9.11. The van der Waals surface area contributed by atoms with Gasteiger partial charge in [-0.05, 0) is 67.6 Å². The molecule has 0 spiro atoms. The van der Waals surface area contributed by atoms with E-state index < -0.39 is 17.8 Å². The van der Waals surface area contributed by atoms with E-state index in [1.807, 2.05) is 62.4 Å². The van der Waals surface area contributed by atoms with E-state index in [0.29, 0.717) is 37.2 Å². The van der Waals surface area contributed by atoms with Crippen molar-refractivity contribution in [2.75, 3.05) is 70.5 Å². The summed E-state index contributed by atoms with van der Waals surface area (Å²) < 4.78 is 52.2. The van der Waals surface area contributed by atoms with Gasteiger partial charge in [-0.15, -0.1) is 37.2 Å². The van der Waals surface area contributed by atoms with Crippen LogP contribution in [-0.2, 0) is 6.18 Å². The average Bonchev–Trinajstić information content (AvgIpc) is 3.03. The van der Waals surface area contributed by atoms with Crippen molar-refractivity contribution in [1.29, 1.82) is 0 Å². The molecule has 0 amide bonds. The molecule has 0 radical (unpaired) electrons. The van der Waals surface area contributed by atoms with Gasteiger partial charge in [-0.25, -0.2) is 0 Å². The van der Waals surface area contributed by atoms with Crippen molar-refractivity contribution in [1.82, 2.24) is 15.1 Å². The molecule has 2 N–H and O–H groups in total. The molecule has 3 aromatic carbocycles. The SMILES string of the molecule is CC(C)NC[C@H](O)COc1ccc(OCCN2CCN(CCCN3c4ccccc4Sc4ccc(C(F)(F)F)cc43)CC2)cc1.Cl.Cl.Cl. The maximum absolute atomic E-state index is 13.5. The summed E-state index contributed by atoms with van der Waals surface area (Å²) in [6.45, 7) is 11.6. The normalized spacial score (nSPS) is 15.4. The van der Waals surface area contributed by atoms with E-state index in [9.17, 15) is 18.3 Å². The molecule has 268 valence electrons. The number of benzene rings is 3. The number of fused-ring (bicyclic) bond motifs is 2. The molecule has 2 heterocycles. The Morgan fingerprint density at radius 2 is 1.40 bits per heavy atom. The van der Waals surface area contributed by atoms with Gasteiger partial charge in [0.05, 0.1) is 16.9 Å². The second kappa shape index (κ2) is 19.9. The number of nitrogens with zero attached hydrogens (tertiary/aromatic N) is 3. The predicted molar refractivity (Wildman–Crippen MR) is 195 cm³/mol. The highest BCUT2D eigenvalue weighted by molar-refractivity contribution is 7.99. The molecule has 14 heteroatoms. The number of hydrogen-bond donors (Lipinski definition) is 2. The molecule has 1 atom stereocenters. The maximum atomic E-state index is 13.5. The highest BCUT2D eigenvalue weighted by atomic mass is 35.5. The number of aliphatic hydroxyl groups excluding tert-OH is 1. The number of alkyl halides is 3. The molecule has 0 saturated carbocycles. The van der Waals surface area contributed by atoms with E-state index in [4.69, 9.17) is 9.47 Å². The van der Waals surface area contributed by atoms with E-state index in [-0.39, 0.29) is 43.8 Å². The third-order valence-electron chi connectivity index (χ3n) is 7.98. The molecule has 5 rings (SSSR count). The predicted octanol–water partition coefficient (Wildman–Crippen LogP) is 7.40. The average molecular weight is 754 g/mol. The molecule has 1 saturated heterocycles. The van der Waals surface area contributed by atoms with Crippen LogP contribution in [-0.4, -0.2) is 92.6 Å². The topological polar surface area (TPSA) is 60.4 Å². The van der Waals surface area contributed by atoms with Crippen LogP contribution in [0, 0.1) is 0 Å². The molecule has 1 fully saturated rings. The van der Waals surface area contributed by atoms with Gasteiger partial charge in [-0.3, -0.25) is 4.90 Å². The lowest BCUT2D eigenvalue weighted by Gasteiger charge is -2.36. The summed E-state index contributed by atoms with van der Waals surface area (Å²) >= 11 is 1.53. The van der Waals surface area contributed by atoms with Crippen LogP contribution in [0.5, 0.6) is 11.5 Å². The summed E-state index contributed by atoms with van der Waals surface area (Å²) in [5.41, 5.74) is 0.989. The Morgan fingerprint density at radius 3 is 2.04 bits per heavy atom. The lowest BCUT2D eigenvalue weighted by Crippen LogP contribution is -2.47. The number of anilines is 2. The highest BCUT2D eigenvalue weighted by Crippen LogP contribution is 2.49. The molecule has 2 aliphatic heterocycles. The lowest BCUT2D eigenvalue weighted by molar-refractivity contribution is -0.137. The van der Waals surface area contributed by atoms with Crippen molar-refractivity contribution in [2.45, 2.75) is 48.4 Å². The summed E-state index contributed by atoms with van der Waals surface area (Å²) in [4.78, 5) is 8.80. The van der Waals surface area contributed by atoms with Crippen LogP contribution in [0.4, 0.5) is 24.5 Å². The van der Waals surface area contributed by atoms with Crippen LogP contribution in [0.3, 0.4) is 0 Å². The standard InChI is InChI=1S/C34H43F3N4O3S.3ClH/c1-25(2)38-23-27(42)24-44-29-11-9-28(10-12-29)43-21-20-40-18-16-39(17-19-40)14-5-15-41-30-6-3-4-7-32(30)45-33-13-8-26(22-31(33)41)34(35,36)37;;;/h3-4,6-13,22,25,27,38,42H,5,14-21,23-24H2,1-2H3;3*1H/t27-;;;/m0.../s1. The van der Waals surface area contributed by atoms with Crippen molar-refractivity contribution in [3.63, 3.8) is 0 Å². The van der Waals surface area contributed by atoms with Gasteiger partial charge < -0.3 is 29.7 Å². The Labute approximate surface area is 304 Å². The number of rotatable bonds is 14. The van der Waals surface area contributed by atoms with Crippen molar-refractivity contribution in [3.8, 4) is 11.5 Å². The molecule has 2 aliphatic rings. The molecule has 48 heavy (non-hydrogen) atoms. The smallest absolute Gasteiger partial charge is 0.416 e. The number of ether oxygens (including phenoxy) is 2. The molecule has 0 bridgehead atoms. The fraction of sp³-hybridized carbons (Fsp3) is 0.471. The van der Waals surface area contributed by atoms with E-state index in [1.165, 1.54) is 23.9 Å². The highest BCUT2D eigenvalue weighted by Gasteiger charge is 2.33. The molecule has 0 unspecified atom stereocenters. The van der Waals surface area contributed by atoms with Crippen LogP contribution in [0.25, 0.3) is 0 Å². The van der Waals surface area contributed by atoms with Crippen LogP contribution in [0.15, 0.2) is 76.5 Å². The van der Waals surface area contributed by atoms with Crippen LogP contribution >= 0.6 is 49.0 Å². The van der Waals surface area contributed by atoms with Crippen molar-refractivity contribution < 1.29 is 27.8 Å². The summed E-state index contributed by atoms with van der Waals surface area (Å²) in [6, 6.07) is 19.8. The Morgan fingerprint density at radius 1 is 0.792 bits per heavy atom. The van der Waals surface area contributed by atoms with Crippen molar-refractivity contribution in [2.24, 2.45) is 0 Å². The number of aliphatic hydroxyl groups is 1. The van der Waals surface area contributed by atoms with Crippen LogP contribution in [0.1, 0.15) is 25.8 Å². The Bertz CT molecular complexity index is 1380. The minimum absolute atomic E-state index is 0. The fourth-order valence-corrected chi connectivity index (χ4v) is 6.56. The Hall–Kier alpha value is -2.09. The molecule has 0 aromatic heterocycles. The summed E-state index contributed by atoms with van der Waals surface area (Å²) in [5.74, 6) is 1.48. The zero-order valence-corrected chi connectivity index (χ0v) is 30.4. The van der Waals surface area contributed by atoms with Gasteiger partial charge in [-0.1, -0.05) is 37.7 Å². The van der Waals surface area contributed by atoms with Gasteiger partial charge in [0.25, 0.3) is 0 Å². The number of para-hydroxylation sites is 1. The van der Waals surface area contributed by atoms with E-state index in [1.54, 1.807) is 6.07 Å². The van der Waals surface area contributed by atoms with Gasteiger partial charge in [-0.2, -0.15) is 13.2 Å². The first-order valence-corrected chi connectivity index (χ1v) is 16.4. The first-order chi connectivity index (χ1) is 21.7.